The molecule has 0 atom stereocenters. The van der Waals surface area contributed by atoms with Crippen LogP contribution < -0.4 is 0 Å². The molecule has 0 saturated heterocycles. The van der Waals surface area contributed by atoms with E-state index in [-0.39, 0.29) is 6.61 Å². The molecule has 68 valence electrons. The Morgan fingerprint density at radius 3 is 2.54 bits per heavy atom. The summed E-state index contributed by atoms with van der Waals surface area (Å²) in [6.07, 6.45) is 0. The summed E-state index contributed by atoms with van der Waals surface area (Å²) < 4.78 is 0. The second-order valence-corrected chi connectivity index (χ2v) is 3.57. The van der Waals surface area contributed by atoms with Crippen LogP contribution in [0, 0.1) is 11.8 Å². The van der Waals surface area contributed by atoms with E-state index < -0.39 is 0 Å². The monoisotopic (exact) mass is 192 g/mol. The van der Waals surface area contributed by atoms with Gasteiger partial charge < -0.3 is 5.11 Å². The molecule has 0 heterocycles. The minimum atomic E-state index is 0.111. The van der Waals surface area contributed by atoms with Crippen molar-refractivity contribution in [2.75, 3.05) is 5.75 Å². The smallest absolute Gasteiger partial charge is 0.0681 e. The van der Waals surface area contributed by atoms with Gasteiger partial charge in [-0.3, -0.25) is 0 Å². The molecule has 13 heavy (non-hydrogen) atoms. The van der Waals surface area contributed by atoms with E-state index in [0.29, 0.717) is 0 Å². The fourth-order valence-corrected chi connectivity index (χ4v) is 1.59. The van der Waals surface area contributed by atoms with Crippen LogP contribution in [0.15, 0.2) is 29.2 Å². The molecule has 0 aliphatic carbocycles. The largest absolute Gasteiger partial charge is 0.392 e. The summed E-state index contributed by atoms with van der Waals surface area (Å²) in [6, 6.07) is 7.88. The molecule has 1 aromatic carbocycles. The average molecular weight is 192 g/mol. The highest BCUT2D eigenvalue weighted by Crippen LogP contribution is 2.17. The molecule has 1 N–H and O–H groups in total. The maximum atomic E-state index is 8.81. The Labute approximate surface area is 83.2 Å². The van der Waals surface area contributed by atoms with Crippen LogP contribution in [0.25, 0.3) is 0 Å². The van der Waals surface area contributed by atoms with Crippen molar-refractivity contribution in [3.05, 3.63) is 29.8 Å². The lowest BCUT2D eigenvalue weighted by atomic mass is 10.2. The second-order valence-electron chi connectivity index (χ2n) is 2.52. The molecule has 0 aromatic heterocycles. The van der Waals surface area contributed by atoms with Gasteiger partial charge in [0.2, 0.25) is 0 Å². The van der Waals surface area contributed by atoms with E-state index in [9.17, 15) is 0 Å². The highest BCUT2D eigenvalue weighted by atomic mass is 32.2. The van der Waals surface area contributed by atoms with Crippen molar-refractivity contribution in [1.29, 1.82) is 0 Å². The molecule has 0 amide bonds. The van der Waals surface area contributed by atoms with E-state index in [2.05, 4.69) is 11.8 Å². The van der Waals surface area contributed by atoms with Gasteiger partial charge in [-0.25, -0.2) is 0 Å². The zero-order valence-electron chi connectivity index (χ0n) is 7.58. The molecule has 2 heteroatoms. The van der Waals surface area contributed by atoms with Gasteiger partial charge >= 0.3 is 0 Å². The summed E-state index contributed by atoms with van der Waals surface area (Å²) in [5.74, 6) is 6.67. The predicted molar refractivity (Wildman–Crippen MR) is 56.5 cm³/mol. The summed E-state index contributed by atoms with van der Waals surface area (Å²) in [7, 11) is 0. The Bertz CT molecular complexity index is 305. The van der Waals surface area contributed by atoms with Gasteiger partial charge in [-0.2, -0.15) is 0 Å². The molecular formula is C11H12OS. The molecule has 0 aliphatic rings. The van der Waals surface area contributed by atoms with E-state index in [1.54, 1.807) is 11.8 Å². The van der Waals surface area contributed by atoms with Crippen molar-refractivity contribution in [3.63, 3.8) is 0 Å². The Morgan fingerprint density at radius 2 is 2.00 bits per heavy atom. The van der Waals surface area contributed by atoms with Crippen molar-refractivity contribution >= 4 is 11.8 Å². The molecular weight excluding hydrogens is 180 g/mol. The number of aliphatic hydroxyl groups is 1. The molecule has 0 radical (unpaired) electrons. The third kappa shape index (κ3) is 3.54. The fraction of sp³-hybridized carbons (Fsp3) is 0.273. The zero-order chi connectivity index (χ0) is 9.52. The summed E-state index contributed by atoms with van der Waals surface area (Å²) in [5.41, 5.74) is 0.950. The number of thioether (sulfide) groups is 1. The average Bonchev–Trinajstić information content (AvgIpc) is 2.19. The first-order chi connectivity index (χ1) is 6.36. The Morgan fingerprint density at radius 1 is 1.31 bits per heavy atom. The topological polar surface area (TPSA) is 20.2 Å². The van der Waals surface area contributed by atoms with Crippen LogP contribution in [0.4, 0.5) is 0 Å². The van der Waals surface area contributed by atoms with Gasteiger partial charge in [0.25, 0.3) is 0 Å². The van der Waals surface area contributed by atoms with E-state index >= 15 is 0 Å². The van der Waals surface area contributed by atoms with Crippen LogP contribution in [-0.4, -0.2) is 10.9 Å². The lowest BCUT2D eigenvalue weighted by Crippen LogP contribution is -1.81. The van der Waals surface area contributed by atoms with Crippen LogP contribution in [0.3, 0.4) is 0 Å². The molecule has 0 saturated carbocycles. The summed E-state index contributed by atoms with van der Waals surface area (Å²) >= 11 is 1.71. The summed E-state index contributed by atoms with van der Waals surface area (Å²) in [6.45, 7) is 1.95. The number of rotatable bonds is 3. The van der Waals surface area contributed by atoms with Crippen LogP contribution in [0.5, 0.6) is 0 Å². The van der Waals surface area contributed by atoms with Gasteiger partial charge in [-0.1, -0.05) is 18.1 Å². The van der Waals surface area contributed by atoms with Gasteiger partial charge in [-0.15, -0.1) is 17.7 Å². The molecule has 0 unspecified atom stereocenters. The number of hydrogen-bond donors (Lipinski definition) is 1. The van der Waals surface area contributed by atoms with E-state index in [1.807, 2.05) is 31.2 Å². The second kappa shape index (κ2) is 5.69. The normalized spacial score (nSPS) is 9.08. The highest BCUT2D eigenvalue weighted by Gasteiger charge is 1.92. The van der Waals surface area contributed by atoms with Gasteiger partial charge in [0.05, 0.1) is 12.4 Å². The first-order valence-corrected chi connectivity index (χ1v) is 5.07. The zero-order valence-corrected chi connectivity index (χ0v) is 8.40. The van der Waals surface area contributed by atoms with Gasteiger partial charge in [0, 0.05) is 4.90 Å². The van der Waals surface area contributed by atoms with Crippen molar-refractivity contribution in [3.8, 4) is 11.8 Å². The van der Waals surface area contributed by atoms with E-state index in [4.69, 9.17) is 5.11 Å². The Kier molecular flexibility index (Phi) is 4.45. The fourth-order valence-electron chi connectivity index (χ4n) is 0.883. The number of hydrogen-bond acceptors (Lipinski definition) is 2. The Hall–Kier alpha value is -0.910. The standard InChI is InChI=1S/C11H12OS/c1-2-3-8-13-11-6-4-10(9-12)5-7-11/h4-7,12H,8-9H2,1H3. The quantitative estimate of drug-likeness (QED) is 0.585. The minimum Gasteiger partial charge on any atom is -0.392 e. The third-order valence-electron chi connectivity index (χ3n) is 1.59. The first kappa shape index (κ1) is 10.2. The maximum Gasteiger partial charge on any atom is 0.0681 e. The molecule has 1 aromatic rings. The van der Waals surface area contributed by atoms with E-state index in [0.717, 1.165) is 11.3 Å². The number of aliphatic hydroxyl groups excluding tert-OH is 1. The summed E-state index contributed by atoms with van der Waals surface area (Å²) in [5, 5.41) is 8.81. The van der Waals surface area contributed by atoms with Crippen LogP contribution in [-0.2, 0) is 6.61 Å². The highest BCUT2D eigenvalue weighted by molar-refractivity contribution is 7.99. The third-order valence-corrected chi connectivity index (χ3v) is 2.49. The van der Waals surface area contributed by atoms with Crippen LogP contribution >= 0.6 is 11.8 Å². The SMILES string of the molecule is CC#CCSc1ccc(CO)cc1. The molecule has 0 bridgehead atoms. The van der Waals surface area contributed by atoms with Crippen molar-refractivity contribution in [1.82, 2.24) is 0 Å². The van der Waals surface area contributed by atoms with Crippen LogP contribution in [0.1, 0.15) is 12.5 Å². The molecule has 1 nitrogen and oxygen atoms in total. The van der Waals surface area contributed by atoms with Gasteiger partial charge in [0.15, 0.2) is 0 Å². The van der Waals surface area contributed by atoms with Crippen molar-refractivity contribution < 1.29 is 5.11 Å². The molecule has 0 aliphatic heterocycles. The first-order valence-electron chi connectivity index (χ1n) is 4.09. The maximum absolute atomic E-state index is 8.81. The summed E-state index contributed by atoms with van der Waals surface area (Å²) in [4.78, 5) is 1.19. The molecule has 0 fully saturated rings. The molecule has 0 spiro atoms. The molecule has 1 rings (SSSR count). The lowest BCUT2D eigenvalue weighted by Gasteiger charge is -1.98. The van der Waals surface area contributed by atoms with Crippen LogP contribution in [0.2, 0.25) is 0 Å². The Balaban J connectivity index is 2.52. The minimum absolute atomic E-state index is 0.111. The van der Waals surface area contributed by atoms with Crippen molar-refractivity contribution in [2.24, 2.45) is 0 Å². The van der Waals surface area contributed by atoms with E-state index in [1.165, 1.54) is 4.90 Å². The van der Waals surface area contributed by atoms with Gasteiger partial charge in [-0.05, 0) is 24.6 Å². The lowest BCUT2D eigenvalue weighted by molar-refractivity contribution is 0.282. The van der Waals surface area contributed by atoms with Gasteiger partial charge in [0.1, 0.15) is 0 Å². The number of benzene rings is 1. The predicted octanol–water partition coefficient (Wildman–Crippen LogP) is 2.29. The van der Waals surface area contributed by atoms with Crippen molar-refractivity contribution in [2.45, 2.75) is 18.4 Å².